The molecule has 2 N–H and O–H groups in total. The number of rotatable bonds is 54. The number of hydrogen-bond acceptors (Lipinski definition) is 6. The Kier molecular flexibility index (Phi) is 49.2. The molecular weight excluding hydrogens is 852 g/mol. The average molecular weight is 968 g/mol. The van der Waals surface area contributed by atoms with Crippen LogP contribution in [-0.2, 0) is 18.4 Å². The highest BCUT2D eigenvalue weighted by Crippen LogP contribution is 2.38. The first kappa shape index (κ1) is 66.0. The predicted octanol–water partition coefficient (Wildman–Crippen LogP) is 17.0. The van der Waals surface area contributed by atoms with E-state index in [4.69, 9.17) is 9.05 Å². The molecule has 8 nitrogen and oxygen atoms in total. The lowest BCUT2D eigenvalue weighted by Gasteiger charge is -2.30. The van der Waals surface area contributed by atoms with Crippen LogP contribution >= 0.6 is 7.82 Å². The molecule has 3 unspecified atom stereocenters. The van der Waals surface area contributed by atoms with Crippen molar-refractivity contribution in [2.45, 2.75) is 302 Å². The second-order valence-electron chi connectivity index (χ2n) is 21.4. The van der Waals surface area contributed by atoms with E-state index in [-0.39, 0.29) is 19.1 Å². The zero-order chi connectivity index (χ0) is 49.2. The third kappa shape index (κ3) is 52.6. The molecule has 1 amide bonds. The number of nitrogens with one attached hydrogen (secondary N) is 1. The van der Waals surface area contributed by atoms with Gasteiger partial charge in [-0.2, -0.15) is 0 Å². The van der Waals surface area contributed by atoms with Crippen LogP contribution in [0.3, 0.4) is 0 Å². The molecule has 0 aromatic carbocycles. The molecule has 9 heteroatoms. The molecule has 0 radical (unpaired) electrons. The van der Waals surface area contributed by atoms with E-state index in [1.807, 2.05) is 21.1 Å². The minimum absolute atomic E-state index is 0.0132. The highest BCUT2D eigenvalue weighted by Gasteiger charge is 2.24. The summed E-state index contributed by atoms with van der Waals surface area (Å²) in [7, 11) is 1.31. The van der Waals surface area contributed by atoms with Crippen molar-refractivity contribution in [2.24, 2.45) is 0 Å². The number of unbranched alkanes of at least 4 members (excludes halogenated alkanes) is 37. The molecule has 0 fully saturated rings. The SMILES string of the molecule is CCCCCCC/C=C\C/C=C\CCCCCCCCCCCCCC(=O)NC(COP(=O)([O-])OCC[N+](C)(C)C)C(O)CCCCCCCCCCCCCCCCCCCCCCCC. The minimum atomic E-state index is -4.57. The number of aliphatic hydroxyl groups is 1. The number of nitrogens with zero attached hydrogens (tertiary/aromatic N) is 1. The monoisotopic (exact) mass is 967 g/mol. The summed E-state index contributed by atoms with van der Waals surface area (Å²) < 4.78 is 23.4. The highest BCUT2D eigenvalue weighted by atomic mass is 31.2. The van der Waals surface area contributed by atoms with Gasteiger partial charge in [-0.25, -0.2) is 0 Å². The molecule has 0 saturated carbocycles. The normalized spacial score (nSPS) is 14.1. The maximum Gasteiger partial charge on any atom is 0.268 e. The van der Waals surface area contributed by atoms with Gasteiger partial charge in [0.05, 0.1) is 39.9 Å². The van der Waals surface area contributed by atoms with E-state index in [0.29, 0.717) is 23.9 Å². The van der Waals surface area contributed by atoms with Gasteiger partial charge in [-0.3, -0.25) is 9.36 Å². The minimum Gasteiger partial charge on any atom is -0.756 e. The van der Waals surface area contributed by atoms with E-state index >= 15 is 0 Å². The molecule has 0 aromatic rings. The third-order valence-electron chi connectivity index (χ3n) is 13.4. The highest BCUT2D eigenvalue weighted by molar-refractivity contribution is 7.45. The van der Waals surface area contributed by atoms with Crippen molar-refractivity contribution in [2.75, 3.05) is 40.9 Å². The number of carbonyl (C=O) groups excluding carboxylic acids is 1. The van der Waals surface area contributed by atoms with Gasteiger partial charge in [-0.05, 0) is 44.9 Å². The number of allylic oxidation sites excluding steroid dienone is 4. The largest absolute Gasteiger partial charge is 0.756 e. The smallest absolute Gasteiger partial charge is 0.268 e. The van der Waals surface area contributed by atoms with E-state index in [2.05, 4.69) is 43.5 Å². The predicted molar refractivity (Wildman–Crippen MR) is 289 cm³/mol. The van der Waals surface area contributed by atoms with Crippen molar-refractivity contribution < 1.29 is 32.9 Å². The van der Waals surface area contributed by atoms with E-state index in [9.17, 15) is 19.4 Å². The number of quaternary nitrogens is 1. The van der Waals surface area contributed by atoms with E-state index in [1.165, 1.54) is 218 Å². The Labute approximate surface area is 417 Å². The molecule has 0 aliphatic rings. The maximum atomic E-state index is 13.0. The van der Waals surface area contributed by atoms with Crippen molar-refractivity contribution in [3.8, 4) is 0 Å². The first-order chi connectivity index (χ1) is 32.5. The number of amides is 1. The fourth-order valence-corrected chi connectivity index (χ4v) is 9.56. The van der Waals surface area contributed by atoms with Gasteiger partial charge >= 0.3 is 0 Å². The van der Waals surface area contributed by atoms with Gasteiger partial charge in [0.25, 0.3) is 7.82 Å². The standard InChI is InChI=1S/C58H115N2O6P/c1-6-8-10-12-14-16-18-20-22-24-26-28-30-32-34-36-38-40-42-44-46-48-50-52-58(62)59-56(55-66-67(63,64)65-54-53-60(3,4)5)57(61)51-49-47-45-43-41-39-37-35-33-31-29-27-25-23-21-19-17-15-13-11-9-7-2/h18,20,24,26,56-57,61H,6-17,19,21-23,25,27-55H2,1-5H3,(H-,59,62,63,64)/b20-18-,26-24-. The number of aliphatic hydroxyl groups excluding tert-OH is 1. The molecule has 398 valence electrons. The van der Waals surface area contributed by atoms with Gasteiger partial charge in [0.15, 0.2) is 0 Å². The van der Waals surface area contributed by atoms with Crippen LogP contribution in [0.4, 0.5) is 0 Å². The Morgan fingerprint density at radius 2 is 0.866 bits per heavy atom. The van der Waals surface area contributed by atoms with Crippen molar-refractivity contribution in [1.82, 2.24) is 5.32 Å². The van der Waals surface area contributed by atoms with Gasteiger partial charge < -0.3 is 28.8 Å². The Morgan fingerprint density at radius 3 is 1.24 bits per heavy atom. The summed E-state index contributed by atoms with van der Waals surface area (Å²) in [5.74, 6) is -0.163. The van der Waals surface area contributed by atoms with Crippen LogP contribution in [0.2, 0.25) is 0 Å². The van der Waals surface area contributed by atoms with Gasteiger partial charge in [-0.15, -0.1) is 0 Å². The lowest BCUT2D eigenvalue weighted by atomic mass is 10.0. The Morgan fingerprint density at radius 1 is 0.522 bits per heavy atom. The molecule has 0 bridgehead atoms. The number of phosphoric ester groups is 1. The summed E-state index contributed by atoms with van der Waals surface area (Å²) in [6.07, 6.45) is 62.0. The zero-order valence-corrected chi connectivity index (χ0v) is 46.3. The number of hydrogen-bond donors (Lipinski definition) is 2. The summed E-state index contributed by atoms with van der Waals surface area (Å²) in [5, 5.41) is 14.0. The molecule has 3 atom stereocenters. The topological polar surface area (TPSA) is 108 Å². The molecule has 0 saturated heterocycles. The van der Waals surface area contributed by atoms with Crippen LogP contribution in [0.1, 0.15) is 290 Å². The molecule has 0 aromatic heterocycles. The van der Waals surface area contributed by atoms with Crippen molar-refractivity contribution in [3.63, 3.8) is 0 Å². The molecule has 0 aliphatic heterocycles. The zero-order valence-electron chi connectivity index (χ0n) is 45.4. The molecule has 0 rings (SSSR count). The molecule has 0 heterocycles. The molecule has 67 heavy (non-hydrogen) atoms. The van der Waals surface area contributed by atoms with Crippen LogP contribution in [0.15, 0.2) is 24.3 Å². The van der Waals surface area contributed by atoms with Gasteiger partial charge in [-0.1, -0.05) is 263 Å². The van der Waals surface area contributed by atoms with Crippen molar-refractivity contribution in [1.29, 1.82) is 0 Å². The number of carbonyl (C=O) groups is 1. The fraction of sp³-hybridized carbons (Fsp3) is 0.914. The lowest BCUT2D eigenvalue weighted by Crippen LogP contribution is -2.46. The summed E-state index contributed by atoms with van der Waals surface area (Å²) in [6, 6.07) is -0.801. The van der Waals surface area contributed by atoms with Gasteiger partial charge in [0.1, 0.15) is 13.2 Å². The Balaban J connectivity index is 4.16. The van der Waals surface area contributed by atoms with E-state index < -0.39 is 20.0 Å². The first-order valence-electron chi connectivity index (χ1n) is 29.2. The van der Waals surface area contributed by atoms with Crippen LogP contribution in [-0.4, -0.2) is 68.5 Å². The lowest BCUT2D eigenvalue weighted by molar-refractivity contribution is -0.870. The summed E-state index contributed by atoms with van der Waals surface area (Å²) in [6.45, 7) is 4.75. The molecule has 0 spiro atoms. The second-order valence-corrected chi connectivity index (χ2v) is 22.8. The van der Waals surface area contributed by atoms with Crippen LogP contribution < -0.4 is 10.2 Å². The van der Waals surface area contributed by atoms with Crippen LogP contribution in [0, 0.1) is 0 Å². The maximum absolute atomic E-state index is 13.0. The number of phosphoric acid groups is 1. The third-order valence-corrected chi connectivity index (χ3v) is 14.4. The fourth-order valence-electron chi connectivity index (χ4n) is 8.84. The van der Waals surface area contributed by atoms with Crippen molar-refractivity contribution in [3.05, 3.63) is 24.3 Å². The van der Waals surface area contributed by atoms with Crippen LogP contribution in [0.5, 0.6) is 0 Å². The molecule has 0 aliphatic carbocycles. The Hall–Kier alpha value is -1.02. The van der Waals surface area contributed by atoms with E-state index in [0.717, 1.165) is 44.9 Å². The molecular formula is C58H115N2O6P. The van der Waals surface area contributed by atoms with Crippen LogP contribution in [0.25, 0.3) is 0 Å². The first-order valence-corrected chi connectivity index (χ1v) is 30.6. The number of likely N-dealkylation sites (N-methyl/N-ethyl adjacent to an activating group) is 1. The van der Waals surface area contributed by atoms with Crippen molar-refractivity contribution >= 4 is 13.7 Å². The van der Waals surface area contributed by atoms with E-state index in [1.54, 1.807) is 0 Å². The quantitative estimate of drug-likeness (QED) is 0.0272. The van der Waals surface area contributed by atoms with Gasteiger partial charge in [0.2, 0.25) is 5.91 Å². The van der Waals surface area contributed by atoms with Gasteiger partial charge in [0, 0.05) is 6.42 Å². The summed E-state index contributed by atoms with van der Waals surface area (Å²) >= 11 is 0. The second kappa shape index (κ2) is 49.9. The summed E-state index contributed by atoms with van der Waals surface area (Å²) in [4.78, 5) is 25.5. The Bertz CT molecular complexity index is 1140. The average Bonchev–Trinajstić information content (AvgIpc) is 3.29. The summed E-state index contributed by atoms with van der Waals surface area (Å²) in [5.41, 5.74) is 0.